The molecule has 0 N–H and O–H groups in total. The quantitative estimate of drug-likeness (QED) is 0.800. The van der Waals surface area contributed by atoms with Crippen LogP contribution in [0.4, 0.5) is 8.78 Å². The van der Waals surface area contributed by atoms with Crippen LogP contribution < -0.4 is 4.74 Å². The van der Waals surface area contributed by atoms with Crippen molar-refractivity contribution < 1.29 is 23.0 Å². The van der Waals surface area contributed by atoms with Crippen LogP contribution in [0.1, 0.15) is 11.1 Å². The van der Waals surface area contributed by atoms with Crippen molar-refractivity contribution in [2.75, 3.05) is 7.11 Å². The predicted octanol–water partition coefficient (Wildman–Crippen LogP) is 2.64. The first-order valence-corrected chi connectivity index (χ1v) is 5.51. The first-order chi connectivity index (χ1) is 8.47. The average Bonchev–Trinajstić information content (AvgIpc) is 2.31. The minimum absolute atomic E-state index is 0.0826. The number of nitrogens with zero attached hydrogens (tertiary/aromatic N) is 1. The molecule has 0 saturated heterocycles. The van der Waals surface area contributed by atoms with Crippen LogP contribution in [-0.2, 0) is 16.0 Å². The summed E-state index contributed by atoms with van der Waals surface area (Å²) in [4.78, 5) is 11.1. The Labute approximate surface area is 110 Å². The van der Waals surface area contributed by atoms with Crippen molar-refractivity contribution in [1.82, 2.24) is 0 Å². The SMILES string of the molecule is COC(=O)Cc1cc(Br)c(OC(F)F)cc1C#N. The number of halogens is 3. The molecular weight excluding hydrogens is 312 g/mol. The van der Waals surface area contributed by atoms with Gasteiger partial charge in [-0.05, 0) is 33.6 Å². The van der Waals surface area contributed by atoms with Crippen LogP contribution in [0.5, 0.6) is 5.75 Å². The topological polar surface area (TPSA) is 59.3 Å². The van der Waals surface area contributed by atoms with Crippen LogP contribution in [0.3, 0.4) is 0 Å². The molecule has 0 radical (unpaired) electrons. The molecule has 1 aromatic carbocycles. The molecule has 0 aliphatic heterocycles. The first kappa shape index (κ1) is 14.4. The summed E-state index contributed by atoms with van der Waals surface area (Å²) in [6.45, 7) is -2.99. The zero-order valence-electron chi connectivity index (χ0n) is 9.25. The lowest BCUT2D eigenvalue weighted by Gasteiger charge is -2.10. The third kappa shape index (κ3) is 3.67. The molecule has 7 heteroatoms. The lowest BCUT2D eigenvalue weighted by molar-refractivity contribution is -0.139. The largest absolute Gasteiger partial charge is 0.469 e. The maximum Gasteiger partial charge on any atom is 0.387 e. The fourth-order valence-corrected chi connectivity index (χ4v) is 1.74. The Morgan fingerprint density at radius 3 is 2.72 bits per heavy atom. The van der Waals surface area contributed by atoms with Crippen molar-refractivity contribution in [1.29, 1.82) is 5.26 Å². The highest BCUT2D eigenvalue weighted by Gasteiger charge is 2.15. The van der Waals surface area contributed by atoms with Crippen LogP contribution in [0.15, 0.2) is 16.6 Å². The summed E-state index contributed by atoms with van der Waals surface area (Å²) in [5.74, 6) is -0.684. The summed E-state index contributed by atoms with van der Waals surface area (Å²) in [7, 11) is 1.22. The Morgan fingerprint density at radius 2 is 2.22 bits per heavy atom. The number of nitriles is 1. The molecule has 0 atom stereocenters. The van der Waals surface area contributed by atoms with Crippen molar-refractivity contribution in [3.63, 3.8) is 0 Å². The molecule has 18 heavy (non-hydrogen) atoms. The molecule has 0 bridgehead atoms. The Kier molecular flexibility index (Phi) is 5.04. The predicted molar refractivity (Wildman–Crippen MR) is 61.2 cm³/mol. The van der Waals surface area contributed by atoms with Crippen molar-refractivity contribution in [3.05, 3.63) is 27.7 Å². The van der Waals surface area contributed by atoms with E-state index in [4.69, 9.17) is 5.26 Å². The number of hydrogen-bond acceptors (Lipinski definition) is 4. The fourth-order valence-electron chi connectivity index (χ4n) is 1.26. The van der Waals surface area contributed by atoms with E-state index in [1.54, 1.807) is 0 Å². The number of benzene rings is 1. The van der Waals surface area contributed by atoms with E-state index in [9.17, 15) is 13.6 Å². The summed E-state index contributed by atoms with van der Waals surface area (Å²) >= 11 is 3.03. The van der Waals surface area contributed by atoms with Gasteiger partial charge in [-0.3, -0.25) is 4.79 Å². The molecule has 0 fully saturated rings. The number of ether oxygens (including phenoxy) is 2. The van der Waals surface area contributed by atoms with Gasteiger partial charge >= 0.3 is 12.6 Å². The van der Waals surface area contributed by atoms with E-state index in [1.807, 2.05) is 6.07 Å². The molecule has 0 spiro atoms. The summed E-state index contributed by atoms with van der Waals surface area (Å²) in [6, 6.07) is 4.34. The van der Waals surface area contributed by atoms with Gasteiger partial charge in [0.1, 0.15) is 5.75 Å². The van der Waals surface area contributed by atoms with Crippen LogP contribution in [-0.4, -0.2) is 19.7 Å². The molecule has 0 unspecified atom stereocenters. The third-order valence-electron chi connectivity index (χ3n) is 2.06. The second-order valence-corrected chi connectivity index (χ2v) is 4.04. The molecule has 0 amide bonds. The third-order valence-corrected chi connectivity index (χ3v) is 2.68. The van der Waals surface area contributed by atoms with Crippen molar-refractivity contribution in [2.24, 2.45) is 0 Å². The first-order valence-electron chi connectivity index (χ1n) is 4.72. The number of methoxy groups -OCH3 is 1. The molecule has 0 saturated carbocycles. The molecule has 1 aromatic rings. The van der Waals surface area contributed by atoms with Gasteiger partial charge in [-0.1, -0.05) is 0 Å². The maximum absolute atomic E-state index is 12.1. The van der Waals surface area contributed by atoms with E-state index in [2.05, 4.69) is 25.4 Å². The number of esters is 1. The molecule has 1 rings (SSSR count). The van der Waals surface area contributed by atoms with Crippen LogP contribution >= 0.6 is 15.9 Å². The normalized spacial score (nSPS) is 10.0. The van der Waals surface area contributed by atoms with E-state index >= 15 is 0 Å². The maximum atomic E-state index is 12.1. The summed E-state index contributed by atoms with van der Waals surface area (Å²) in [5, 5.41) is 8.89. The lowest BCUT2D eigenvalue weighted by atomic mass is 10.1. The zero-order chi connectivity index (χ0) is 13.7. The van der Waals surface area contributed by atoms with Gasteiger partial charge in [0.05, 0.1) is 29.6 Å². The van der Waals surface area contributed by atoms with Crippen molar-refractivity contribution in [3.8, 4) is 11.8 Å². The van der Waals surface area contributed by atoms with E-state index in [-0.39, 0.29) is 22.2 Å². The van der Waals surface area contributed by atoms with Gasteiger partial charge in [0.2, 0.25) is 0 Å². The van der Waals surface area contributed by atoms with Crippen molar-refractivity contribution >= 4 is 21.9 Å². The second kappa shape index (κ2) is 6.31. The second-order valence-electron chi connectivity index (χ2n) is 3.18. The summed E-state index contributed by atoms with van der Waals surface area (Å²) < 4.78 is 33.1. The molecule has 0 aliphatic carbocycles. The van der Waals surface area contributed by atoms with Crippen molar-refractivity contribution in [2.45, 2.75) is 13.0 Å². The van der Waals surface area contributed by atoms with Gasteiger partial charge in [-0.25, -0.2) is 0 Å². The fraction of sp³-hybridized carbons (Fsp3) is 0.273. The van der Waals surface area contributed by atoms with E-state index in [1.165, 1.54) is 13.2 Å². The Hall–Kier alpha value is -1.68. The molecule has 0 aliphatic rings. The van der Waals surface area contributed by atoms with E-state index in [0.717, 1.165) is 6.07 Å². The Morgan fingerprint density at radius 1 is 1.56 bits per heavy atom. The Bertz CT molecular complexity index is 500. The minimum Gasteiger partial charge on any atom is -0.469 e. The van der Waals surface area contributed by atoms with Gasteiger partial charge in [0, 0.05) is 0 Å². The van der Waals surface area contributed by atoms with Gasteiger partial charge < -0.3 is 9.47 Å². The number of carbonyl (C=O) groups excluding carboxylic acids is 1. The molecule has 4 nitrogen and oxygen atoms in total. The van der Waals surface area contributed by atoms with E-state index < -0.39 is 12.6 Å². The zero-order valence-corrected chi connectivity index (χ0v) is 10.8. The smallest absolute Gasteiger partial charge is 0.387 e. The van der Waals surface area contributed by atoms with Crippen LogP contribution in [0.2, 0.25) is 0 Å². The Balaban J connectivity index is 3.11. The highest BCUT2D eigenvalue weighted by molar-refractivity contribution is 9.10. The molecule has 0 heterocycles. The number of rotatable bonds is 4. The number of alkyl halides is 2. The summed E-state index contributed by atoms with van der Waals surface area (Å²) in [5.41, 5.74) is 0.456. The molecular formula is C11H8BrF2NO3. The van der Waals surface area contributed by atoms with Gasteiger partial charge in [0.15, 0.2) is 0 Å². The van der Waals surface area contributed by atoms with Crippen LogP contribution in [0, 0.1) is 11.3 Å². The molecule has 0 aromatic heterocycles. The monoisotopic (exact) mass is 319 g/mol. The standard InChI is InChI=1S/C11H8BrF2NO3/c1-17-10(16)4-6-2-8(12)9(18-11(13)14)3-7(6)5-15/h2-3,11H,4H2,1H3. The highest BCUT2D eigenvalue weighted by atomic mass is 79.9. The summed E-state index contributed by atoms with van der Waals surface area (Å²) in [6.07, 6.45) is -0.118. The van der Waals surface area contributed by atoms with Crippen LogP contribution in [0.25, 0.3) is 0 Å². The minimum atomic E-state index is -2.99. The van der Waals surface area contributed by atoms with E-state index in [0.29, 0.717) is 5.56 Å². The van der Waals surface area contributed by atoms with Gasteiger partial charge in [0.25, 0.3) is 0 Å². The average molecular weight is 320 g/mol. The molecule has 96 valence electrons. The van der Waals surface area contributed by atoms with Gasteiger partial charge in [-0.2, -0.15) is 14.0 Å². The lowest BCUT2D eigenvalue weighted by Crippen LogP contribution is -2.08. The highest BCUT2D eigenvalue weighted by Crippen LogP contribution is 2.30. The van der Waals surface area contributed by atoms with Gasteiger partial charge in [-0.15, -0.1) is 0 Å². The number of carbonyl (C=O) groups is 1. The number of hydrogen-bond donors (Lipinski definition) is 0.